The van der Waals surface area contributed by atoms with Gasteiger partial charge in [0.15, 0.2) is 0 Å². The number of benzene rings is 3. The van der Waals surface area contributed by atoms with Crippen LogP contribution in [0.25, 0.3) is 41.7 Å². The Balaban J connectivity index is 2.03. The van der Waals surface area contributed by atoms with Crippen LogP contribution < -0.4 is 0 Å². The molecule has 0 N–H and O–H groups in total. The minimum Gasteiger partial charge on any atom is -0.144 e. The highest BCUT2D eigenvalue weighted by molar-refractivity contribution is 7.17. The maximum Gasteiger partial charge on any atom is 0.0352 e. The molecular weight excluding hydrogens is 292 g/mol. The van der Waals surface area contributed by atoms with E-state index in [9.17, 15) is 0 Å². The lowest BCUT2D eigenvalue weighted by Gasteiger charge is -2.05. The molecule has 2 aromatic heterocycles. The second kappa shape index (κ2) is 4.06. The van der Waals surface area contributed by atoms with Gasteiger partial charge in [0.05, 0.1) is 0 Å². The Morgan fingerprint density at radius 3 is 2.29 bits per heavy atom. The Hall–Kier alpha value is -1.90. The van der Waals surface area contributed by atoms with E-state index in [2.05, 4.69) is 60.1 Å². The van der Waals surface area contributed by atoms with Crippen molar-refractivity contribution in [1.29, 1.82) is 0 Å². The van der Waals surface area contributed by atoms with Gasteiger partial charge in [-0.1, -0.05) is 12.1 Å². The van der Waals surface area contributed by atoms with E-state index < -0.39 is 0 Å². The summed E-state index contributed by atoms with van der Waals surface area (Å²) in [7, 11) is 0. The summed E-state index contributed by atoms with van der Waals surface area (Å²) in [6, 6.07) is 16.1. The maximum absolute atomic E-state index is 2.37. The van der Waals surface area contributed by atoms with Crippen molar-refractivity contribution < 1.29 is 0 Å². The summed E-state index contributed by atoms with van der Waals surface area (Å²) in [4.78, 5) is 0. The van der Waals surface area contributed by atoms with Crippen molar-refractivity contribution in [2.45, 2.75) is 6.92 Å². The molecule has 0 radical (unpaired) electrons. The lowest BCUT2D eigenvalue weighted by atomic mass is 9.99. The summed E-state index contributed by atoms with van der Waals surface area (Å²) in [6.45, 7) is 2.20. The van der Waals surface area contributed by atoms with E-state index in [1.807, 2.05) is 22.7 Å². The van der Waals surface area contributed by atoms with E-state index in [0.29, 0.717) is 0 Å². The third-order valence-corrected chi connectivity index (χ3v) is 6.24. The Morgan fingerprint density at radius 1 is 0.667 bits per heavy atom. The van der Waals surface area contributed by atoms with Crippen LogP contribution in [-0.4, -0.2) is 0 Å². The molecule has 0 nitrogen and oxygen atoms in total. The maximum atomic E-state index is 2.37. The summed E-state index contributed by atoms with van der Waals surface area (Å²) in [5, 5.41) is 12.6. The first-order valence-electron chi connectivity index (χ1n) is 7.01. The molecule has 100 valence electrons. The summed E-state index contributed by atoms with van der Waals surface area (Å²) in [5.41, 5.74) is 1.38. The Labute approximate surface area is 130 Å². The molecule has 0 fully saturated rings. The Morgan fingerprint density at radius 2 is 1.43 bits per heavy atom. The minimum absolute atomic E-state index is 1.33. The molecule has 0 unspecified atom stereocenters. The number of hydrogen-bond donors (Lipinski definition) is 0. The molecule has 0 atom stereocenters. The highest BCUT2D eigenvalue weighted by Crippen LogP contribution is 2.36. The smallest absolute Gasteiger partial charge is 0.0352 e. The van der Waals surface area contributed by atoms with Gasteiger partial charge in [-0.3, -0.25) is 0 Å². The Bertz CT molecular complexity index is 1140. The zero-order chi connectivity index (χ0) is 14.0. The molecule has 0 aliphatic carbocycles. The van der Waals surface area contributed by atoms with Crippen molar-refractivity contribution in [3.8, 4) is 0 Å². The van der Waals surface area contributed by atoms with Gasteiger partial charge in [0.25, 0.3) is 0 Å². The zero-order valence-corrected chi connectivity index (χ0v) is 13.1. The molecule has 2 heteroatoms. The van der Waals surface area contributed by atoms with Gasteiger partial charge < -0.3 is 0 Å². The van der Waals surface area contributed by atoms with Crippen LogP contribution in [0.1, 0.15) is 5.56 Å². The second-order valence-corrected chi connectivity index (χ2v) is 7.44. The fourth-order valence-electron chi connectivity index (χ4n) is 3.17. The van der Waals surface area contributed by atoms with Gasteiger partial charge in [-0.05, 0) is 85.9 Å². The van der Waals surface area contributed by atoms with E-state index in [1.165, 1.54) is 47.3 Å². The molecule has 0 spiro atoms. The van der Waals surface area contributed by atoms with Crippen molar-refractivity contribution in [3.63, 3.8) is 0 Å². The molecule has 3 aromatic carbocycles. The van der Waals surface area contributed by atoms with Gasteiger partial charge in [-0.2, -0.15) is 0 Å². The fourth-order valence-corrected chi connectivity index (χ4v) is 4.94. The normalized spacial score (nSPS) is 12.0. The molecule has 0 amide bonds. The zero-order valence-electron chi connectivity index (χ0n) is 11.5. The molecule has 0 aliphatic rings. The van der Waals surface area contributed by atoms with Crippen LogP contribution in [0.2, 0.25) is 0 Å². The monoisotopic (exact) mass is 304 g/mol. The standard InChI is InChI=1S/C19H12S2/c1-11-10-21-19-9-17-13(7-15(11)19)3-2-12-6-14-4-5-20-18(14)8-16(12)17/h2-10H,1H3. The van der Waals surface area contributed by atoms with Gasteiger partial charge in [0, 0.05) is 9.40 Å². The van der Waals surface area contributed by atoms with Crippen LogP contribution >= 0.6 is 22.7 Å². The van der Waals surface area contributed by atoms with Crippen LogP contribution in [0.15, 0.2) is 53.2 Å². The lowest BCUT2D eigenvalue weighted by molar-refractivity contribution is 1.61. The summed E-state index contributed by atoms with van der Waals surface area (Å²) in [6.07, 6.45) is 0. The summed E-state index contributed by atoms with van der Waals surface area (Å²) < 4.78 is 2.76. The predicted molar refractivity (Wildman–Crippen MR) is 97.0 cm³/mol. The summed E-state index contributed by atoms with van der Waals surface area (Å²) in [5.74, 6) is 0. The van der Waals surface area contributed by atoms with E-state index in [-0.39, 0.29) is 0 Å². The van der Waals surface area contributed by atoms with Crippen molar-refractivity contribution in [2.24, 2.45) is 0 Å². The van der Waals surface area contributed by atoms with Crippen LogP contribution in [0.5, 0.6) is 0 Å². The first-order valence-corrected chi connectivity index (χ1v) is 8.77. The molecule has 21 heavy (non-hydrogen) atoms. The van der Waals surface area contributed by atoms with Crippen LogP contribution in [-0.2, 0) is 0 Å². The third kappa shape index (κ3) is 1.60. The van der Waals surface area contributed by atoms with Crippen molar-refractivity contribution in [1.82, 2.24) is 0 Å². The first kappa shape index (κ1) is 11.7. The highest BCUT2D eigenvalue weighted by atomic mass is 32.1. The van der Waals surface area contributed by atoms with E-state index in [4.69, 9.17) is 0 Å². The van der Waals surface area contributed by atoms with Crippen LogP contribution in [0, 0.1) is 6.92 Å². The highest BCUT2D eigenvalue weighted by Gasteiger charge is 2.07. The van der Waals surface area contributed by atoms with Crippen LogP contribution in [0.4, 0.5) is 0 Å². The number of hydrogen-bond acceptors (Lipinski definition) is 2. The topological polar surface area (TPSA) is 0 Å². The van der Waals surface area contributed by atoms with Gasteiger partial charge in [-0.15, -0.1) is 22.7 Å². The summed E-state index contributed by atoms with van der Waals surface area (Å²) >= 11 is 3.67. The molecule has 0 bridgehead atoms. The third-order valence-electron chi connectivity index (χ3n) is 4.30. The van der Waals surface area contributed by atoms with Crippen molar-refractivity contribution in [3.05, 3.63) is 58.8 Å². The Kier molecular flexibility index (Phi) is 2.27. The second-order valence-electron chi connectivity index (χ2n) is 5.59. The van der Waals surface area contributed by atoms with E-state index in [1.54, 1.807) is 0 Å². The van der Waals surface area contributed by atoms with Crippen LogP contribution in [0.3, 0.4) is 0 Å². The van der Waals surface area contributed by atoms with Gasteiger partial charge in [0.1, 0.15) is 0 Å². The van der Waals surface area contributed by atoms with Crippen molar-refractivity contribution >= 4 is 64.4 Å². The molecule has 5 aromatic rings. The average molecular weight is 304 g/mol. The predicted octanol–water partition coefficient (Wildman–Crippen LogP) is 6.73. The number of fused-ring (bicyclic) bond motifs is 5. The average Bonchev–Trinajstić information content (AvgIpc) is 3.10. The number of rotatable bonds is 0. The quantitative estimate of drug-likeness (QED) is 0.278. The molecule has 2 heterocycles. The number of aryl methyl sites for hydroxylation is 1. The van der Waals surface area contributed by atoms with E-state index in [0.717, 1.165) is 0 Å². The van der Waals surface area contributed by atoms with Crippen molar-refractivity contribution in [2.75, 3.05) is 0 Å². The SMILES string of the molecule is Cc1csc2cc3c(ccc4cc5ccsc5cc43)cc12. The molecule has 0 aliphatic heterocycles. The fraction of sp³-hybridized carbons (Fsp3) is 0.0526. The molecule has 0 saturated heterocycles. The lowest BCUT2D eigenvalue weighted by Crippen LogP contribution is -1.78. The first-order chi connectivity index (χ1) is 10.3. The van der Waals surface area contributed by atoms with Gasteiger partial charge in [-0.25, -0.2) is 0 Å². The molecule has 5 rings (SSSR count). The van der Waals surface area contributed by atoms with E-state index >= 15 is 0 Å². The largest absolute Gasteiger partial charge is 0.144 e. The van der Waals surface area contributed by atoms with Gasteiger partial charge >= 0.3 is 0 Å². The minimum atomic E-state index is 1.33. The molecule has 0 saturated carbocycles. The molecular formula is C19H12S2. The number of thiophene rings is 2. The van der Waals surface area contributed by atoms with Gasteiger partial charge in [0.2, 0.25) is 0 Å².